The van der Waals surface area contributed by atoms with E-state index in [2.05, 4.69) is 81.9 Å². The predicted molar refractivity (Wildman–Crippen MR) is 172 cm³/mol. The van der Waals surface area contributed by atoms with Crippen LogP contribution in [0.4, 0.5) is 0 Å². The summed E-state index contributed by atoms with van der Waals surface area (Å²) in [6.45, 7) is 0. The minimum absolute atomic E-state index is 0.632. The second-order valence-electron chi connectivity index (χ2n) is 10.8. The molecule has 0 saturated heterocycles. The van der Waals surface area contributed by atoms with Crippen LogP contribution in [0.1, 0.15) is 11.1 Å². The molecule has 0 aliphatic carbocycles. The monoisotopic (exact) mass is 548 g/mol. The molecule has 5 nitrogen and oxygen atoms in total. The Morgan fingerprint density at radius 2 is 0.884 bits per heavy atom. The van der Waals surface area contributed by atoms with Gasteiger partial charge in [-0.2, -0.15) is 10.5 Å². The Morgan fingerprint density at radius 1 is 0.442 bits per heavy atom. The Kier molecular flexibility index (Phi) is 4.68. The lowest BCUT2D eigenvalue weighted by Gasteiger charge is -2.10. The first-order valence-corrected chi connectivity index (χ1v) is 14.1. The third-order valence-corrected chi connectivity index (χ3v) is 8.58. The van der Waals surface area contributed by atoms with Gasteiger partial charge in [-0.05, 0) is 60.7 Å². The molecule has 5 heteroatoms. The highest BCUT2D eigenvalue weighted by Crippen LogP contribution is 2.39. The number of hydrogen-bond donors (Lipinski definition) is 0. The molecule has 0 amide bonds. The van der Waals surface area contributed by atoms with E-state index in [0.717, 1.165) is 76.9 Å². The molecule has 9 aromatic rings. The number of benzene rings is 6. The second kappa shape index (κ2) is 8.60. The summed E-state index contributed by atoms with van der Waals surface area (Å²) in [6, 6.07) is 45.5. The minimum Gasteiger partial charge on any atom is -0.456 e. The molecular weight excluding hydrogens is 528 g/mol. The van der Waals surface area contributed by atoms with Crippen molar-refractivity contribution < 1.29 is 4.42 Å². The highest BCUT2D eigenvalue weighted by molar-refractivity contribution is 6.13. The fourth-order valence-electron chi connectivity index (χ4n) is 6.79. The van der Waals surface area contributed by atoms with Crippen molar-refractivity contribution in [1.29, 1.82) is 10.5 Å². The summed E-state index contributed by atoms with van der Waals surface area (Å²) in [6.07, 6.45) is 0. The van der Waals surface area contributed by atoms with Crippen LogP contribution in [0.25, 0.3) is 76.9 Å². The average molecular weight is 549 g/mol. The SMILES string of the molecule is N#Cc1cccc2c3ccccc3n(-c3ccc4oc5ccc(-n6c7ccccc7c7cccc(C#N)c76)cc5c4c3)c12. The van der Waals surface area contributed by atoms with E-state index in [1.54, 1.807) is 0 Å². The predicted octanol–water partition coefficient (Wildman–Crippen LogP) is 9.52. The van der Waals surface area contributed by atoms with E-state index in [9.17, 15) is 10.5 Å². The molecule has 0 N–H and O–H groups in total. The number of nitrogens with zero attached hydrogens (tertiary/aromatic N) is 4. The van der Waals surface area contributed by atoms with Gasteiger partial charge in [-0.15, -0.1) is 0 Å². The van der Waals surface area contributed by atoms with Gasteiger partial charge in [0.05, 0.1) is 33.2 Å². The van der Waals surface area contributed by atoms with E-state index in [1.165, 1.54) is 0 Å². The molecule has 0 saturated carbocycles. The molecule has 0 unspecified atom stereocenters. The molecule has 43 heavy (non-hydrogen) atoms. The Bertz CT molecular complexity index is 2520. The van der Waals surface area contributed by atoms with E-state index in [-0.39, 0.29) is 0 Å². The van der Waals surface area contributed by atoms with Gasteiger partial charge >= 0.3 is 0 Å². The Morgan fingerprint density at radius 3 is 1.35 bits per heavy atom. The first-order valence-electron chi connectivity index (χ1n) is 14.1. The van der Waals surface area contributed by atoms with Crippen LogP contribution >= 0.6 is 0 Å². The highest BCUT2D eigenvalue weighted by atomic mass is 16.3. The fourth-order valence-corrected chi connectivity index (χ4v) is 6.79. The summed E-state index contributed by atoms with van der Waals surface area (Å²) in [4.78, 5) is 0. The van der Waals surface area contributed by atoms with E-state index in [1.807, 2.05) is 60.7 Å². The van der Waals surface area contributed by atoms with Crippen molar-refractivity contribution in [2.45, 2.75) is 0 Å². The number of aromatic nitrogens is 2. The molecule has 3 aromatic heterocycles. The van der Waals surface area contributed by atoms with E-state index in [0.29, 0.717) is 11.1 Å². The van der Waals surface area contributed by atoms with Crippen molar-refractivity contribution in [2.75, 3.05) is 0 Å². The molecule has 0 radical (unpaired) electrons. The maximum atomic E-state index is 10.0. The van der Waals surface area contributed by atoms with Crippen LogP contribution in [0.3, 0.4) is 0 Å². The molecule has 3 heterocycles. The normalized spacial score (nSPS) is 11.7. The first-order chi connectivity index (χ1) is 21.2. The van der Waals surface area contributed by atoms with Crippen molar-refractivity contribution in [3.8, 4) is 23.5 Å². The maximum Gasteiger partial charge on any atom is 0.135 e. The summed E-state index contributed by atoms with van der Waals surface area (Å²) in [5.74, 6) is 0. The van der Waals surface area contributed by atoms with Gasteiger partial charge in [0.1, 0.15) is 23.3 Å². The molecular formula is C38H20N4O. The van der Waals surface area contributed by atoms with E-state index in [4.69, 9.17) is 4.42 Å². The summed E-state index contributed by atoms with van der Waals surface area (Å²) in [5, 5.41) is 26.3. The van der Waals surface area contributed by atoms with Gasteiger partial charge < -0.3 is 13.6 Å². The van der Waals surface area contributed by atoms with Gasteiger partial charge in [0.25, 0.3) is 0 Å². The average Bonchev–Trinajstić information content (AvgIpc) is 3.71. The lowest BCUT2D eigenvalue weighted by molar-refractivity contribution is 0.669. The van der Waals surface area contributed by atoms with Gasteiger partial charge in [-0.3, -0.25) is 0 Å². The third-order valence-electron chi connectivity index (χ3n) is 8.58. The number of furan rings is 1. The minimum atomic E-state index is 0.632. The van der Waals surface area contributed by atoms with Gasteiger partial charge in [0.15, 0.2) is 0 Å². The van der Waals surface area contributed by atoms with Crippen molar-refractivity contribution in [2.24, 2.45) is 0 Å². The quantitative estimate of drug-likeness (QED) is 0.216. The zero-order valence-electron chi connectivity index (χ0n) is 22.7. The molecule has 0 aliphatic rings. The van der Waals surface area contributed by atoms with Gasteiger partial charge in [0, 0.05) is 43.7 Å². The third kappa shape index (κ3) is 3.14. The number of para-hydroxylation sites is 4. The van der Waals surface area contributed by atoms with Crippen molar-refractivity contribution >= 4 is 65.6 Å². The van der Waals surface area contributed by atoms with Crippen LogP contribution in [0.5, 0.6) is 0 Å². The molecule has 0 bridgehead atoms. The van der Waals surface area contributed by atoms with Crippen LogP contribution in [-0.4, -0.2) is 9.13 Å². The number of fused-ring (bicyclic) bond motifs is 9. The van der Waals surface area contributed by atoms with Gasteiger partial charge in [-0.1, -0.05) is 60.7 Å². The van der Waals surface area contributed by atoms with Crippen LogP contribution in [0.15, 0.2) is 126 Å². The number of rotatable bonds is 2. The van der Waals surface area contributed by atoms with Gasteiger partial charge in [-0.25, -0.2) is 0 Å². The largest absolute Gasteiger partial charge is 0.456 e. The second-order valence-corrected chi connectivity index (χ2v) is 10.8. The van der Waals surface area contributed by atoms with Crippen molar-refractivity contribution in [3.63, 3.8) is 0 Å². The van der Waals surface area contributed by atoms with Crippen LogP contribution in [-0.2, 0) is 0 Å². The Balaban J connectivity index is 1.34. The molecule has 0 fully saturated rings. The fraction of sp³-hybridized carbons (Fsp3) is 0. The summed E-state index contributed by atoms with van der Waals surface area (Å²) < 4.78 is 10.7. The molecule has 198 valence electrons. The summed E-state index contributed by atoms with van der Waals surface area (Å²) in [7, 11) is 0. The number of nitriles is 2. The smallest absolute Gasteiger partial charge is 0.135 e. The Hall–Kier alpha value is -6.30. The van der Waals surface area contributed by atoms with Gasteiger partial charge in [0.2, 0.25) is 0 Å². The summed E-state index contributed by atoms with van der Waals surface area (Å²) in [5.41, 5.74) is 8.64. The number of hydrogen-bond acceptors (Lipinski definition) is 3. The van der Waals surface area contributed by atoms with Crippen LogP contribution in [0.2, 0.25) is 0 Å². The van der Waals surface area contributed by atoms with Crippen molar-refractivity contribution in [1.82, 2.24) is 9.13 Å². The molecule has 9 rings (SSSR count). The zero-order chi connectivity index (χ0) is 28.7. The standard InChI is InChI=1S/C38H20N4O/c39-21-23-7-5-11-29-27-9-1-3-13-33(27)41(37(23)29)25-15-17-35-31(19-25)32-20-26(16-18-36(32)43-35)42-34-14-4-2-10-28(34)30-12-6-8-24(22-40)38(30)42/h1-20H. The summed E-state index contributed by atoms with van der Waals surface area (Å²) >= 11 is 0. The molecule has 0 aliphatic heterocycles. The van der Waals surface area contributed by atoms with E-state index >= 15 is 0 Å². The zero-order valence-corrected chi connectivity index (χ0v) is 22.7. The molecule has 0 atom stereocenters. The topological polar surface area (TPSA) is 70.6 Å². The highest BCUT2D eigenvalue weighted by Gasteiger charge is 2.19. The lowest BCUT2D eigenvalue weighted by Crippen LogP contribution is -1.96. The van der Waals surface area contributed by atoms with E-state index < -0.39 is 0 Å². The maximum absolute atomic E-state index is 10.0. The molecule has 6 aromatic carbocycles. The van der Waals surface area contributed by atoms with Crippen LogP contribution < -0.4 is 0 Å². The lowest BCUT2D eigenvalue weighted by atomic mass is 10.1. The molecule has 0 spiro atoms. The Labute approximate surface area is 245 Å². The van der Waals surface area contributed by atoms with Crippen LogP contribution in [0, 0.1) is 22.7 Å². The first kappa shape index (κ1) is 23.4. The van der Waals surface area contributed by atoms with Crippen molar-refractivity contribution in [3.05, 3.63) is 132 Å².